The number of fused-ring (bicyclic) bond motifs is 4. The van der Waals surface area contributed by atoms with Crippen molar-refractivity contribution in [1.29, 1.82) is 0 Å². The number of likely N-dealkylation sites (tertiary alicyclic amines) is 4. The fourth-order valence-electron chi connectivity index (χ4n) is 16.9. The van der Waals surface area contributed by atoms with Gasteiger partial charge in [0.25, 0.3) is 22.2 Å². The summed E-state index contributed by atoms with van der Waals surface area (Å²) in [5.74, 6) is 0.0579. The third kappa shape index (κ3) is 26.5. The van der Waals surface area contributed by atoms with Crippen LogP contribution in [0.5, 0.6) is 23.0 Å². The Balaban J connectivity index is 0.000000196. The molecular formula is C100H144N24O16S4. The van der Waals surface area contributed by atoms with Gasteiger partial charge in [-0.1, -0.05) is 80.6 Å². The maximum absolute atomic E-state index is 13.5. The van der Waals surface area contributed by atoms with E-state index in [-0.39, 0.29) is 210 Å². The maximum atomic E-state index is 13.5. The van der Waals surface area contributed by atoms with Crippen molar-refractivity contribution in [2.75, 3.05) is 107 Å². The molecule has 8 N–H and O–H groups in total. The van der Waals surface area contributed by atoms with Gasteiger partial charge in [-0.15, -0.1) is 0 Å². The zero-order chi connectivity index (χ0) is 135. The van der Waals surface area contributed by atoms with E-state index in [1.807, 2.05) is 32.4 Å². The number of ether oxygens (including phenoxy) is 4. The largest absolute Gasteiger partial charge is 0.493 e. The van der Waals surface area contributed by atoms with Gasteiger partial charge in [-0.3, -0.25) is 37.9 Å². The number of aryl methyl sites for hydroxylation is 8. The number of benzene rings is 4. The number of H-pyrrole nitrogens is 4. The van der Waals surface area contributed by atoms with E-state index < -0.39 is 216 Å². The second-order valence-corrected chi connectivity index (χ2v) is 41.3. The van der Waals surface area contributed by atoms with Crippen LogP contribution in [-0.2, 0) is 93.9 Å². The van der Waals surface area contributed by atoms with Gasteiger partial charge in [-0.2, -0.15) is 20.4 Å². The average molecular weight is 2100 g/mol. The van der Waals surface area contributed by atoms with Gasteiger partial charge in [0.15, 0.2) is 22.1 Å². The predicted octanol–water partition coefficient (Wildman–Crippen LogP) is 11.3. The molecule has 0 radical (unpaired) electrons. The van der Waals surface area contributed by atoms with E-state index in [0.29, 0.717) is 103 Å². The van der Waals surface area contributed by atoms with Crippen LogP contribution in [0.4, 0.5) is 0 Å². The van der Waals surface area contributed by atoms with Crippen LogP contribution in [0.2, 0.25) is 0 Å². The summed E-state index contributed by atoms with van der Waals surface area (Å²) in [7, 11) is -11.5. The van der Waals surface area contributed by atoms with Crippen LogP contribution in [0.15, 0.2) is 112 Å². The normalized spacial score (nSPS) is 22.0. The van der Waals surface area contributed by atoms with Crippen LogP contribution in [0.1, 0.15) is 257 Å². The smallest absolute Gasteiger partial charge is 0.277 e. The first kappa shape index (κ1) is 69.9. The predicted molar refractivity (Wildman–Crippen MR) is 559 cm³/mol. The van der Waals surface area contributed by atoms with Gasteiger partial charge in [-0.05, 0) is 255 Å². The summed E-state index contributed by atoms with van der Waals surface area (Å²) >= 11 is 0. The molecular weight excluding hydrogens is 1920 g/mol. The highest BCUT2D eigenvalue weighted by Gasteiger charge is 2.32. The van der Waals surface area contributed by atoms with Gasteiger partial charge in [0, 0.05) is 129 Å². The third-order valence-corrected chi connectivity index (χ3v) is 29.6. The lowest BCUT2D eigenvalue weighted by Crippen LogP contribution is -2.31. The highest BCUT2D eigenvalue weighted by atomic mass is 32.2. The zero-order valence-electron chi connectivity index (χ0n) is 118. The van der Waals surface area contributed by atoms with Crippen molar-refractivity contribution in [3.8, 4) is 68.5 Å². The molecule has 0 amide bonds. The van der Waals surface area contributed by atoms with Crippen molar-refractivity contribution in [3.05, 3.63) is 137 Å². The highest BCUT2D eigenvalue weighted by Crippen LogP contribution is 2.38. The van der Waals surface area contributed by atoms with E-state index >= 15 is 0 Å². The minimum absolute atomic E-state index is 0.00823. The van der Waals surface area contributed by atoms with Crippen LogP contribution in [0.25, 0.3) is 89.7 Å². The maximum Gasteiger partial charge on any atom is 0.277 e. The number of sulfonamides is 4. The molecule has 0 saturated carbocycles. The van der Waals surface area contributed by atoms with Crippen molar-refractivity contribution in [2.45, 2.75) is 253 Å². The van der Waals surface area contributed by atoms with Gasteiger partial charge in [0.2, 0.25) is 40.1 Å². The molecule has 0 spiro atoms. The standard InChI is InChI=1S/4C25H36N6O4S/c4*1-5-8-20-22-23(31(4)29-20)25(32)28-24(27-22)19-16-18(10-11-21(19)35-15-6-2)36(33,34)26-13-12-17-9-7-14-30(17)3/h4*10-11,16-17,26H,5-9,12-15H2,1-4H3,(H,27,28,32)/i1D3,3D3,5D2,13D2;1D3,3D3,5D2,13D;1D3,3D3,5D2,8D2;1D3,3D3,5D2. The molecule has 8 aromatic heterocycles. The van der Waals surface area contributed by atoms with E-state index in [1.165, 1.54) is 124 Å². The number of hydrogen-bond acceptors (Lipinski definition) is 28. The van der Waals surface area contributed by atoms with Gasteiger partial charge >= 0.3 is 0 Å². The molecule has 0 aliphatic carbocycles. The number of rotatable bonds is 44. The molecule has 4 aliphatic rings. The Bertz CT molecular complexity index is 8900. The lowest BCUT2D eigenvalue weighted by atomic mass is 10.1. The molecule has 4 fully saturated rings. The number of aromatic amines is 4. The summed E-state index contributed by atoms with van der Waals surface area (Å²) in [4.78, 5) is 85.1. The quantitative estimate of drug-likeness (QED) is 0.0176. The van der Waals surface area contributed by atoms with E-state index in [4.69, 9.17) is 69.7 Å². The monoisotopic (exact) mass is 2100 g/mol. The van der Waals surface area contributed by atoms with E-state index in [1.54, 1.807) is 0 Å². The molecule has 44 heteroatoms. The molecule has 5 unspecified atom stereocenters. The molecule has 144 heavy (non-hydrogen) atoms. The number of hydrogen-bond donors (Lipinski definition) is 8. The van der Waals surface area contributed by atoms with Gasteiger partial charge in [-0.25, -0.2) is 72.5 Å². The van der Waals surface area contributed by atoms with Crippen molar-refractivity contribution in [1.82, 2.24) is 117 Å². The van der Waals surface area contributed by atoms with Gasteiger partial charge < -0.3 is 58.5 Å². The Morgan fingerprint density at radius 2 is 0.646 bits per heavy atom. The Labute approximate surface area is 895 Å². The molecule has 0 bridgehead atoms. The summed E-state index contributed by atoms with van der Waals surface area (Å²) in [6.45, 7) is -15.8. The minimum atomic E-state index is -4.57. The fourth-order valence-corrected chi connectivity index (χ4v) is 21.0. The second-order valence-electron chi connectivity index (χ2n) is 34.3. The van der Waals surface area contributed by atoms with E-state index in [0.717, 1.165) is 15.4 Å². The van der Waals surface area contributed by atoms with Crippen LogP contribution in [-0.4, -0.2) is 263 Å². The third-order valence-electron chi connectivity index (χ3n) is 24.1. The van der Waals surface area contributed by atoms with Crippen LogP contribution >= 0.6 is 0 Å². The second kappa shape index (κ2) is 49.9. The Morgan fingerprint density at radius 3 is 0.944 bits per heavy atom. The van der Waals surface area contributed by atoms with Crippen molar-refractivity contribution in [3.63, 3.8) is 0 Å². The Kier molecular flexibility index (Phi) is 24.2. The first-order valence-corrected chi connectivity index (χ1v) is 52.7. The fraction of sp³-hybridized carbons (Fsp3) is 0.560. The first-order valence-electron chi connectivity index (χ1n) is 65.4. The topological polar surface area (TPSA) is 489 Å². The van der Waals surface area contributed by atoms with Gasteiger partial charge in [0.05, 0.1) is 91.0 Å². The zero-order valence-corrected chi connectivity index (χ0v) is 83.9. The summed E-state index contributed by atoms with van der Waals surface area (Å²) < 4.78 is 434. The SMILES string of the molecule is [2H]C(CC1CCCN1C([2H])([2H])[2H])NS(=O)(=O)c1ccc(OCCC)c(-c2nc3c(CC([2H])([2H])C([2H])([2H])[2H])nn(C)c3c(=O)[nH]2)c1.[2H]C([2H])(CC1CCCN1C([2H])([2H])[2H])NS(=O)(=O)c1ccc(OCCC)c(-c2nc3c(CC([2H])([2H])C([2H])([2H])[2H])nn(C)c3c(=O)[nH]2)c1.[2H]C([2H])([2H])N1CCCC1CCNS(=O)(=O)c1ccc(OCCC)c(-c2nc3c(C([2H])([2H])C([2H])([2H])C([2H])([2H])[2H])nn(C)c3c(=O)[nH]2)c1.[2H]C([2H])([2H])N1CCCC1CCNS(=O)(=O)c1ccc(OCCC)c(-c2nc3c(CC([2H])([2H])C([2H])([2H])[2H])nn(C)c3c(=O)[nH]2)c1. The molecule has 5 atom stereocenters. The van der Waals surface area contributed by atoms with Gasteiger partial charge in [0.1, 0.15) is 68.4 Å². The Morgan fingerprint density at radius 1 is 0.368 bits per heavy atom. The molecule has 12 heterocycles. The average Bonchev–Trinajstić information content (AvgIpc) is 1.59. The Hall–Kier alpha value is -11.0. The molecule has 4 aliphatic heterocycles. The van der Waals surface area contributed by atoms with Crippen LogP contribution in [0.3, 0.4) is 0 Å². The van der Waals surface area contributed by atoms with E-state index in [9.17, 15) is 52.8 Å². The molecule has 4 aromatic carbocycles. The summed E-state index contributed by atoms with van der Waals surface area (Å²) in [6, 6.07) is 13.6. The van der Waals surface area contributed by atoms with Crippen molar-refractivity contribution < 1.29 is 103 Å². The highest BCUT2D eigenvalue weighted by molar-refractivity contribution is 7.90. The lowest BCUT2D eigenvalue weighted by molar-refractivity contribution is 0.297. The molecule has 16 rings (SSSR count). The first-order chi connectivity index (χ1) is 83.3. The number of nitrogens with zero attached hydrogens (tertiary/aromatic N) is 16. The van der Waals surface area contributed by atoms with Crippen LogP contribution in [0, 0.1) is 0 Å². The van der Waals surface area contributed by atoms with Crippen LogP contribution < -0.4 is 60.1 Å². The summed E-state index contributed by atoms with van der Waals surface area (Å²) in [6.07, 6.45) is -9.44. The number of aromatic nitrogens is 16. The van der Waals surface area contributed by atoms with Crippen molar-refractivity contribution >= 4 is 84.2 Å². The lowest BCUT2D eigenvalue weighted by Gasteiger charge is -2.19. The van der Waals surface area contributed by atoms with E-state index in [2.05, 4.69) is 74.4 Å². The number of nitrogens with one attached hydrogen (secondary N) is 8. The summed E-state index contributed by atoms with van der Waals surface area (Å²) in [5, 5.41) is 16.4. The molecule has 4 saturated heterocycles. The summed E-state index contributed by atoms with van der Waals surface area (Å²) in [5.41, 5.74) is -4.53. The molecule has 784 valence electrons. The van der Waals surface area contributed by atoms with Crippen molar-refractivity contribution in [2.24, 2.45) is 28.2 Å². The molecule has 12 aromatic rings. The minimum Gasteiger partial charge on any atom is -0.493 e. The molecule has 40 nitrogen and oxygen atoms in total.